The van der Waals surface area contributed by atoms with Gasteiger partial charge in [0.1, 0.15) is 0 Å². The summed E-state index contributed by atoms with van der Waals surface area (Å²) in [5.41, 5.74) is 0.863. The van der Waals surface area contributed by atoms with Crippen LogP contribution in [0.2, 0.25) is 0 Å². The number of likely N-dealkylation sites (tertiary alicyclic amines) is 1. The van der Waals surface area contributed by atoms with Gasteiger partial charge in [0.15, 0.2) is 17.5 Å². The first-order valence-electron chi connectivity index (χ1n) is 11.9. The quantitative estimate of drug-likeness (QED) is 0.326. The molecule has 1 saturated heterocycles. The van der Waals surface area contributed by atoms with E-state index in [2.05, 4.69) is 29.5 Å². The molecule has 2 heterocycles. The lowest BCUT2D eigenvalue weighted by molar-refractivity contribution is -0.129. The summed E-state index contributed by atoms with van der Waals surface area (Å²) in [7, 11) is 0. The standard InChI is InChI=1S/C24H38N4O4/c1-19(2)18-30-14-5-10-25-24(26-11-9-23(29)28-12-3-4-13-28)27-20-7-8-21-22(17-20)32-16-6-15-31-21/h7-8,17,19H,3-6,9-16,18H2,1-2H3,(H2,25,26,27). The van der Waals surface area contributed by atoms with Crippen molar-refractivity contribution in [3.63, 3.8) is 0 Å². The molecule has 0 aliphatic carbocycles. The van der Waals surface area contributed by atoms with E-state index in [-0.39, 0.29) is 5.91 Å². The fourth-order valence-electron chi connectivity index (χ4n) is 3.61. The molecule has 1 amide bonds. The third kappa shape index (κ3) is 8.22. The average molecular weight is 447 g/mol. The van der Waals surface area contributed by atoms with E-state index in [9.17, 15) is 4.79 Å². The number of nitrogens with zero attached hydrogens (tertiary/aromatic N) is 2. The van der Waals surface area contributed by atoms with Gasteiger partial charge in [0.05, 0.1) is 13.2 Å². The summed E-state index contributed by atoms with van der Waals surface area (Å²) in [4.78, 5) is 19.0. The van der Waals surface area contributed by atoms with Crippen molar-refractivity contribution in [1.29, 1.82) is 0 Å². The van der Waals surface area contributed by atoms with E-state index < -0.39 is 0 Å². The lowest BCUT2D eigenvalue weighted by atomic mass is 10.2. The lowest BCUT2D eigenvalue weighted by Gasteiger charge is -2.17. The summed E-state index contributed by atoms with van der Waals surface area (Å²) in [5, 5.41) is 6.64. The molecule has 3 rings (SSSR count). The van der Waals surface area contributed by atoms with Crippen molar-refractivity contribution in [3.05, 3.63) is 18.2 Å². The van der Waals surface area contributed by atoms with E-state index >= 15 is 0 Å². The van der Waals surface area contributed by atoms with E-state index in [0.29, 0.717) is 51.2 Å². The van der Waals surface area contributed by atoms with Gasteiger partial charge in [-0.25, -0.2) is 0 Å². The Morgan fingerprint density at radius 3 is 2.72 bits per heavy atom. The van der Waals surface area contributed by atoms with Gasteiger partial charge in [-0.3, -0.25) is 9.79 Å². The number of nitrogens with one attached hydrogen (secondary N) is 2. The Bertz CT molecular complexity index is 748. The van der Waals surface area contributed by atoms with Crippen LogP contribution >= 0.6 is 0 Å². The normalized spacial score (nSPS) is 16.2. The van der Waals surface area contributed by atoms with Crippen LogP contribution in [0.3, 0.4) is 0 Å². The van der Waals surface area contributed by atoms with Crippen molar-refractivity contribution in [2.75, 3.05) is 57.9 Å². The number of guanidine groups is 1. The van der Waals surface area contributed by atoms with Gasteiger partial charge in [-0.2, -0.15) is 0 Å². The zero-order valence-corrected chi connectivity index (χ0v) is 19.5. The monoisotopic (exact) mass is 446 g/mol. The number of carbonyl (C=O) groups is 1. The molecule has 1 aromatic rings. The number of benzene rings is 1. The summed E-state index contributed by atoms with van der Waals surface area (Å²) in [6.45, 7) is 9.98. The minimum atomic E-state index is 0.201. The number of aliphatic imine (C=N–C) groups is 1. The maximum Gasteiger partial charge on any atom is 0.224 e. The van der Waals surface area contributed by atoms with Gasteiger partial charge >= 0.3 is 0 Å². The lowest BCUT2D eigenvalue weighted by Crippen LogP contribution is -2.35. The van der Waals surface area contributed by atoms with E-state index in [0.717, 1.165) is 62.6 Å². The van der Waals surface area contributed by atoms with E-state index in [4.69, 9.17) is 14.2 Å². The van der Waals surface area contributed by atoms with Crippen LogP contribution in [-0.4, -0.2) is 69.4 Å². The third-order valence-electron chi connectivity index (χ3n) is 5.27. The van der Waals surface area contributed by atoms with Crippen molar-refractivity contribution in [2.24, 2.45) is 10.9 Å². The maximum absolute atomic E-state index is 12.3. The Kier molecular flexibility index (Phi) is 9.94. The smallest absolute Gasteiger partial charge is 0.224 e. The van der Waals surface area contributed by atoms with Crippen LogP contribution in [0.4, 0.5) is 5.69 Å². The highest BCUT2D eigenvalue weighted by Gasteiger charge is 2.17. The molecule has 0 aromatic heterocycles. The van der Waals surface area contributed by atoms with Gasteiger partial charge in [0.25, 0.3) is 0 Å². The number of hydrogen-bond donors (Lipinski definition) is 2. The minimum Gasteiger partial charge on any atom is -0.490 e. The highest BCUT2D eigenvalue weighted by Crippen LogP contribution is 2.32. The Labute approximate surface area is 191 Å². The first-order chi connectivity index (χ1) is 15.6. The summed E-state index contributed by atoms with van der Waals surface area (Å²) in [6, 6.07) is 5.79. The SMILES string of the molecule is CC(C)COCCCN=C(NCCC(=O)N1CCCC1)Nc1ccc2c(c1)OCCCO2. The second-order valence-corrected chi connectivity index (χ2v) is 8.65. The summed E-state index contributed by atoms with van der Waals surface area (Å²) < 4.78 is 17.2. The molecule has 0 atom stereocenters. The number of carbonyl (C=O) groups excluding carboxylic acids is 1. The zero-order valence-electron chi connectivity index (χ0n) is 19.5. The first kappa shape index (κ1) is 24.2. The molecule has 0 radical (unpaired) electrons. The van der Waals surface area contributed by atoms with E-state index in [1.165, 1.54) is 0 Å². The van der Waals surface area contributed by atoms with Crippen molar-refractivity contribution in [1.82, 2.24) is 10.2 Å². The summed E-state index contributed by atoms with van der Waals surface area (Å²) >= 11 is 0. The molecule has 0 spiro atoms. The second-order valence-electron chi connectivity index (χ2n) is 8.65. The van der Waals surface area contributed by atoms with Crippen molar-refractivity contribution < 1.29 is 19.0 Å². The maximum atomic E-state index is 12.3. The number of rotatable bonds is 10. The molecule has 0 saturated carbocycles. The number of amides is 1. The van der Waals surface area contributed by atoms with Crippen molar-refractivity contribution in [2.45, 2.75) is 46.0 Å². The molecule has 32 heavy (non-hydrogen) atoms. The fourth-order valence-corrected chi connectivity index (χ4v) is 3.61. The summed E-state index contributed by atoms with van der Waals surface area (Å²) in [6.07, 6.45) is 4.38. The van der Waals surface area contributed by atoms with Crippen LogP contribution in [-0.2, 0) is 9.53 Å². The number of fused-ring (bicyclic) bond motifs is 1. The van der Waals surface area contributed by atoms with Crippen LogP contribution in [0, 0.1) is 5.92 Å². The van der Waals surface area contributed by atoms with Gasteiger partial charge in [0, 0.05) is 64.0 Å². The highest BCUT2D eigenvalue weighted by molar-refractivity contribution is 5.94. The Hall–Kier alpha value is -2.48. The molecular weight excluding hydrogens is 408 g/mol. The van der Waals surface area contributed by atoms with Gasteiger partial charge in [-0.15, -0.1) is 0 Å². The Balaban J connectivity index is 1.54. The molecular formula is C24H38N4O4. The molecule has 0 unspecified atom stereocenters. The molecule has 0 bridgehead atoms. The molecule has 2 aliphatic heterocycles. The molecule has 1 fully saturated rings. The Morgan fingerprint density at radius 2 is 1.94 bits per heavy atom. The minimum absolute atomic E-state index is 0.201. The summed E-state index contributed by atoms with van der Waals surface area (Å²) in [5.74, 6) is 2.88. The van der Waals surface area contributed by atoms with Crippen LogP contribution < -0.4 is 20.1 Å². The van der Waals surface area contributed by atoms with E-state index in [1.54, 1.807) is 0 Å². The molecule has 8 heteroatoms. The first-order valence-corrected chi connectivity index (χ1v) is 11.9. The number of hydrogen-bond acceptors (Lipinski definition) is 5. The molecule has 178 valence electrons. The molecule has 2 N–H and O–H groups in total. The molecule has 8 nitrogen and oxygen atoms in total. The predicted octanol–water partition coefficient (Wildman–Crippen LogP) is 3.28. The largest absolute Gasteiger partial charge is 0.490 e. The topological polar surface area (TPSA) is 84.4 Å². The zero-order chi connectivity index (χ0) is 22.6. The Morgan fingerprint density at radius 1 is 1.16 bits per heavy atom. The van der Waals surface area contributed by atoms with Gasteiger partial charge in [-0.1, -0.05) is 13.8 Å². The molecule has 2 aliphatic rings. The molecule has 1 aromatic carbocycles. The van der Waals surface area contributed by atoms with Crippen LogP contribution in [0.1, 0.15) is 46.0 Å². The van der Waals surface area contributed by atoms with Crippen molar-refractivity contribution >= 4 is 17.6 Å². The van der Waals surface area contributed by atoms with Crippen LogP contribution in [0.25, 0.3) is 0 Å². The van der Waals surface area contributed by atoms with Gasteiger partial charge in [-0.05, 0) is 37.3 Å². The second kappa shape index (κ2) is 13.2. The number of anilines is 1. The third-order valence-corrected chi connectivity index (χ3v) is 5.27. The van der Waals surface area contributed by atoms with Crippen LogP contribution in [0.5, 0.6) is 11.5 Å². The van der Waals surface area contributed by atoms with Crippen LogP contribution in [0.15, 0.2) is 23.2 Å². The number of ether oxygens (including phenoxy) is 3. The van der Waals surface area contributed by atoms with Gasteiger partial charge < -0.3 is 29.7 Å². The predicted molar refractivity (Wildman–Crippen MR) is 127 cm³/mol. The van der Waals surface area contributed by atoms with E-state index in [1.807, 2.05) is 23.1 Å². The highest BCUT2D eigenvalue weighted by atomic mass is 16.5. The van der Waals surface area contributed by atoms with Gasteiger partial charge in [0.2, 0.25) is 5.91 Å². The fraction of sp³-hybridized carbons (Fsp3) is 0.667. The van der Waals surface area contributed by atoms with Crippen molar-refractivity contribution in [3.8, 4) is 11.5 Å². The average Bonchev–Trinajstić information content (AvgIpc) is 3.22.